The van der Waals surface area contributed by atoms with E-state index in [9.17, 15) is 0 Å². The number of hydrogen-bond donors (Lipinski definition) is 1. The lowest BCUT2D eigenvalue weighted by Gasteiger charge is -2.07. The third kappa shape index (κ3) is 3.61. The predicted molar refractivity (Wildman–Crippen MR) is 67.8 cm³/mol. The third-order valence-corrected chi connectivity index (χ3v) is 3.36. The molecule has 0 atom stereocenters. The molecule has 0 aliphatic rings. The van der Waals surface area contributed by atoms with Gasteiger partial charge in [0.25, 0.3) is 0 Å². The quantitative estimate of drug-likeness (QED) is 0.845. The van der Waals surface area contributed by atoms with Crippen LogP contribution in [-0.2, 0) is 19.5 Å². The summed E-state index contributed by atoms with van der Waals surface area (Å²) in [6, 6.07) is 4.65. The van der Waals surface area contributed by atoms with Crippen LogP contribution in [0.5, 0.6) is 0 Å². The minimum absolute atomic E-state index is 0.442. The molecule has 2 heterocycles. The molecular weight excluding hydrogens is 234 g/mol. The molecule has 0 aliphatic carbocycles. The summed E-state index contributed by atoms with van der Waals surface area (Å²) < 4.78 is 1.87. The highest BCUT2D eigenvalue weighted by molar-refractivity contribution is 7.09. The van der Waals surface area contributed by atoms with E-state index in [2.05, 4.69) is 52.2 Å². The van der Waals surface area contributed by atoms with Crippen LogP contribution in [0, 0.1) is 0 Å². The molecule has 6 heteroatoms. The van der Waals surface area contributed by atoms with Crippen molar-refractivity contribution in [2.75, 3.05) is 0 Å². The number of tetrazole rings is 1. The van der Waals surface area contributed by atoms with Crippen molar-refractivity contribution in [3.05, 3.63) is 28.2 Å². The number of nitrogens with one attached hydrogen (secondary N) is 1. The second-order valence-corrected chi connectivity index (χ2v) is 5.22. The van der Waals surface area contributed by atoms with Gasteiger partial charge in [-0.1, -0.05) is 19.9 Å². The molecule has 2 aromatic heterocycles. The average Bonchev–Trinajstić information content (AvgIpc) is 2.95. The van der Waals surface area contributed by atoms with E-state index in [4.69, 9.17) is 0 Å². The lowest BCUT2D eigenvalue weighted by Crippen LogP contribution is -2.24. The van der Waals surface area contributed by atoms with Crippen molar-refractivity contribution < 1.29 is 0 Å². The summed E-state index contributed by atoms with van der Waals surface area (Å²) in [5.74, 6) is 0.898. The molecule has 0 saturated heterocycles. The van der Waals surface area contributed by atoms with E-state index < -0.39 is 0 Å². The van der Waals surface area contributed by atoms with Gasteiger partial charge in [-0.15, -0.1) is 16.4 Å². The normalized spacial score (nSPS) is 11.2. The zero-order valence-electron chi connectivity index (χ0n) is 10.1. The van der Waals surface area contributed by atoms with Crippen LogP contribution in [0.3, 0.4) is 0 Å². The molecule has 0 saturated carbocycles. The predicted octanol–water partition coefficient (Wildman–Crippen LogP) is 1.48. The molecule has 0 aliphatic heterocycles. The average molecular weight is 251 g/mol. The van der Waals surface area contributed by atoms with Crippen LogP contribution in [0.4, 0.5) is 0 Å². The smallest absolute Gasteiger partial charge is 0.165 e. The van der Waals surface area contributed by atoms with Crippen LogP contribution in [-0.4, -0.2) is 26.2 Å². The second-order valence-electron chi connectivity index (χ2n) is 4.18. The van der Waals surface area contributed by atoms with Crippen LogP contribution >= 0.6 is 11.3 Å². The van der Waals surface area contributed by atoms with Gasteiger partial charge in [-0.05, 0) is 21.9 Å². The Bertz CT molecular complexity index is 434. The standard InChI is InChI=1S/C11H17N5S/c1-9(2)12-8-11-13-14-15-16(11)6-5-10-4-3-7-17-10/h3-4,7,9,12H,5-6,8H2,1-2H3. The van der Waals surface area contributed by atoms with Crippen molar-refractivity contribution in [1.29, 1.82) is 0 Å². The maximum atomic E-state index is 4.03. The first kappa shape index (κ1) is 12.2. The first-order chi connectivity index (χ1) is 8.25. The Morgan fingerprint density at radius 3 is 3.06 bits per heavy atom. The highest BCUT2D eigenvalue weighted by atomic mass is 32.1. The molecule has 0 bridgehead atoms. The van der Waals surface area contributed by atoms with Crippen LogP contribution < -0.4 is 5.32 Å². The molecule has 0 amide bonds. The van der Waals surface area contributed by atoms with Gasteiger partial charge >= 0.3 is 0 Å². The minimum Gasteiger partial charge on any atom is -0.308 e. The van der Waals surface area contributed by atoms with Gasteiger partial charge in [0.15, 0.2) is 5.82 Å². The van der Waals surface area contributed by atoms with Crippen LogP contribution in [0.2, 0.25) is 0 Å². The first-order valence-electron chi connectivity index (χ1n) is 5.76. The lowest BCUT2D eigenvalue weighted by atomic mass is 10.3. The summed E-state index contributed by atoms with van der Waals surface area (Å²) in [6.45, 7) is 5.78. The van der Waals surface area contributed by atoms with Crippen LogP contribution in [0.15, 0.2) is 17.5 Å². The molecule has 0 spiro atoms. The maximum Gasteiger partial charge on any atom is 0.165 e. The van der Waals surface area contributed by atoms with Crippen molar-refractivity contribution >= 4 is 11.3 Å². The molecule has 1 N–H and O–H groups in total. The number of thiophene rings is 1. The minimum atomic E-state index is 0.442. The Labute approximate surface area is 105 Å². The number of rotatable bonds is 6. The van der Waals surface area contributed by atoms with Gasteiger partial charge in [-0.3, -0.25) is 0 Å². The zero-order valence-corrected chi connectivity index (χ0v) is 10.9. The van der Waals surface area contributed by atoms with Crippen molar-refractivity contribution in [1.82, 2.24) is 25.5 Å². The van der Waals surface area contributed by atoms with Crippen molar-refractivity contribution in [2.45, 2.75) is 39.4 Å². The second kappa shape index (κ2) is 5.88. The van der Waals surface area contributed by atoms with Gasteiger partial charge in [0, 0.05) is 23.9 Å². The molecule has 2 rings (SSSR count). The van der Waals surface area contributed by atoms with E-state index in [1.807, 2.05) is 4.68 Å². The first-order valence-corrected chi connectivity index (χ1v) is 6.64. The van der Waals surface area contributed by atoms with E-state index in [-0.39, 0.29) is 0 Å². The topological polar surface area (TPSA) is 55.6 Å². The Balaban J connectivity index is 1.90. The molecule has 17 heavy (non-hydrogen) atoms. The SMILES string of the molecule is CC(C)NCc1nnnn1CCc1cccs1. The fourth-order valence-corrected chi connectivity index (χ4v) is 2.19. The van der Waals surface area contributed by atoms with Crippen molar-refractivity contribution in [3.8, 4) is 0 Å². The molecule has 0 aromatic carbocycles. The Hall–Kier alpha value is -1.27. The van der Waals surface area contributed by atoms with Crippen molar-refractivity contribution in [2.24, 2.45) is 0 Å². The van der Waals surface area contributed by atoms with Gasteiger partial charge in [-0.25, -0.2) is 4.68 Å². The molecule has 0 fully saturated rings. The Morgan fingerprint density at radius 1 is 1.47 bits per heavy atom. The molecule has 0 unspecified atom stereocenters. The molecular formula is C11H17N5S. The summed E-state index contributed by atoms with van der Waals surface area (Å²) in [5, 5.41) is 17.2. The number of aryl methyl sites for hydroxylation is 2. The molecule has 92 valence electrons. The number of hydrogen-bond acceptors (Lipinski definition) is 5. The molecule has 5 nitrogen and oxygen atoms in total. The number of aromatic nitrogens is 4. The van der Waals surface area contributed by atoms with Gasteiger partial charge in [-0.2, -0.15) is 0 Å². The highest BCUT2D eigenvalue weighted by Crippen LogP contribution is 2.10. The summed E-state index contributed by atoms with van der Waals surface area (Å²) in [7, 11) is 0. The molecule has 0 radical (unpaired) electrons. The largest absolute Gasteiger partial charge is 0.308 e. The third-order valence-electron chi connectivity index (χ3n) is 2.42. The fraction of sp³-hybridized carbons (Fsp3) is 0.545. The monoisotopic (exact) mass is 251 g/mol. The Kier molecular flexibility index (Phi) is 4.22. The zero-order chi connectivity index (χ0) is 12.1. The van der Waals surface area contributed by atoms with E-state index in [0.29, 0.717) is 6.04 Å². The van der Waals surface area contributed by atoms with Crippen molar-refractivity contribution in [3.63, 3.8) is 0 Å². The van der Waals surface area contributed by atoms with Crippen LogP contribution in [0.1, 0.15) is 24.5 Å². The summed E-state index contributed by atoms with van der Waals surface area (Å²) in [4.78, 5) is 1.36. The van der Waals surface area contributed by atoms with E-state index >= 15 is 0 Å². The van der Waals surface area contributed by atoms with Gasteiger partial charge in [0.1, 0.15) is 0 Å². The Morgan fingerprint density at radius 2 is 2.35 bits per heavy atom. The highest BCUT2D eigenvalue weighted by Gasteiger charge is 2.06. The maximum absolute atomic E-state index is 4.03. The summed E-state index contributed by atoms with van der Waals surface area (Å²) in [6.07, 6.45) is 0.984. The fourth-order valence-electron chi connectivity index (χ4n) is 1.49. The van der Waals surface area contributed by atoms with Gasteiger partial charge in [0.05, 0.1) is 6.54 Å². The van der Waals surface area contributed by atoms with E-state index in [1.165, 1.54) is 4.88 Å². The van der Waals surface area contributed by atoms with E-state index in [0.717, 1.165) is 25.3 Å². The van der Waals surface area contributed by atoms with Gasteiger partial charge < -0.3 is 5.32 Å². The molecule has 2 aromatic rings. The summed E-state index contributed by atoms with van der Waals surface area (Å²) in [5.41, 5.74) is 0. The lowest BCUT2D eigenvalue weighted by molar-refractivity contribution is 0.518. The summed E-state index contributed by atoms with van der Waals surface area (Å²) >= 11 is 1.77. The van der Waals surface area contributed by atoms with Gasteiger partial charge in [0.2, 0.25) is 0 Å². The van der Waals surface area contributed by atoms with Crippen LogP contribution in [0.25, 0.3) is 0 Å². The van der Waals surface area contributed by atoms with E-state index in [1.54, 1.807) is 11.3 Å². The number of nitrogens with zero attached hydrogens (tertiary/aromatic N) is 4.